The first kappa shape index (κ1) is 23.9. The predicted molar refractivity (Wildman–Crippen MR) is 119 cm³/mol. The molecule has 1 aliphatic carbocycles. The van der Waals surface area contributed by atoms with Crippen LogP contribution in [0.1, 0.15) is 56.4 Å². The van der Waals surface area contributed by atoms with Gasteiger partial charge in [0.25, 0.3) is 0 Å². The van der Waals surface area contributed by atoms with Crippen molar-refractivity contribution < 1.29 is 33.3 Å². The monoisotopic (exact) mass is 479 g/mol. The van der Waals surface area contributed by atoms with Crippen LogP contribution in [0.4, 0.5) is 19.3 Å². The van der Waals surface area contributed by atoms with Gasteiger partial charge in [0.2, 0.25) is 5.43 Å². The molecular weight excluding hydrogens is 452 g/mol. The fourth-order valence-corrected chi connectivity index (χ4v) is 4.47. The summed E-state index contributed by atoms with van der Waals surface area (Å²) in [5, 5.41) is 21.7. The van der Waals surface area contributed by atoms with Gasteiger partial charge >= 0.3 is 12.1 Å². The normalized spacial score (nSPS) is 20.6. The zero-order valence-corrected chi connectivity index (χ0v) is 19.1. The van der Waals surface area contributed by atoms with Gasteiger partial charge in [0.05, 0.1) is 29.6 Å². The summed E-state index contributed by atoms with van der Waals surface area (Å²) in [6, 6.07) is -0.810. The lowest BCUT2D eigenvalue weighted by molar-refractivity contribution is 0.0495. The van der Waals surface area contributed by atoms with E-state index in [1.807, 2.05) is 0 Å². The second-order valence-electron chi connectivity index (χ2n) is 9.72. The highest BCUT2D eigenvalue weighted by Gasteiger charge is 2.39. The maximum Gasteiger partial charge on any atom is 0.407 e. The Labute approximate surface area is 193 Å². The second kappa shape index (κ2) is 8.53. The van der Waals surface area contributed by atoms with Crippen molar-refractivity contribution in [2.75, 3.05) is 18.1 Å². The number of amides is 1. The number of nitrogens with one attached hydrogen (secondary N) is 1. The van der Waals surface area contributed by atoms with E-state index in [9.17, 15) is 24.6 Å². The summed E-state index contributed by atoms with van der Waals surface area (Å²) in [5.74, 6) is -3.53. The molecule has 184 valence electrons. The molecule has 11 heteroatoms. The number of halogens is 2. The van der Waals surface area contributed by atoms with Crippen molar-refractivity contribution >= 4 is 28.7 Å². The van der Waals surface area contributed by atoms with Crippen LogP contribution < -0.4 is 15.6 Å². The molecule has 1 aliphatic heterocycles. The molecular formula is C23H27F2N3O6. The number of aliphatic hydroxyl groups excluding tert-OH is 1. The van der Waals surface area contributed by atoms with Crippen LogP contribution in [-0.4, -0.2) is 57.7 Å². The number of carboxylic acid groups (broad SMARTS) is 1. The van der Waals surface area contributed by atoms with Gasteiger partial charge in [-0.15, -0.1) is 0 Å². The molecule has 2 fully saturated rings. The maximum atomic E-state index is 15.9. The van der Waals surface area contributed by atoms with E-state index < -0.39 is 64.7 Å². The highest BCUT2D eigenvalue weighted by molar-refractivity contribution is 5.94. The Balaban J connectivity index is 1.77. The lowest BCUT2D eigenvalue weighted by Gasteiger charge is -2.30. The first-order chi connectivity index (χ1) is 15.9. The quantitative estimate of drug-likeness (QED) is 0.603. The number of fused-ring (bicyclic) bond motifs is 1. The number of aromatic carboxylic acids is 1. The van der Waals surface area contributed by atoms with Crippen LogP contribution in [-0.2, 0) is 4.74 Å². The maximum absolute atomic E-state index is 15.9. The summed E-state index contributed by atoms with van der Waals surface area (Å²) < 4.78 is 37.8. The van der Waals surface area contributed by atoms with E-state index >= 15 is 8.78 Å². The Kier molecular flexibility index (Phi) is 6.01. The molecule has 9 nitrogen and oxygen atoms in total. The lowest BCUT2D eigenvalue weighted by atomic mass is 10.1. The lowest BCUT2D eigenvalue weighted by Crippen LogP contribution is -2.48. The SMILES string of the molecule is CC(C)(C)OC(=O)NC1CCN(c2c(F)cc3c(=O)c(C(=O)O)cn(C4CC4)c3c2F)C1CO. The molecule has 0 spiro atoms. The molecule has 2 heterocycles. The van der Waals surface area contributed by atoms with Crippen molar-refractivity contribution in [2.45, 2.75) is 63.8 Å². The number of carbonyl (C=O) groups excluding carboxylic acids is 1. The number of aliphatic hydroxyl groups is 1. The number of alkyl carbamates (subject to hydrolysis) is 1. The second-order valence-corrected chi connectivity index (χ2v) is 9.72. The van der Waals surface area contributed by atoms with Gasteiger partial charge < -0.3 is 29.7 Å². The van der Waals surface area contributed by atoms with Crippen LogP contribution >= 0.6 is 0 Å². The van der Waals surface area contributed by atoms with Crippen molar-refractivity contribution in [3.8, 4) is 0 Å². The molecule has 34 heavy (non-hydrogen) atoms. The molecule has 2 aliphatic rings. The van der Waals surface area contributed by atoms with E-state index in [0.717, 1.165) is 12.3 Å². The number of carbonyl (C=O) groups is 2. The summed E-state index contributed by atoms with van der Waals surface area (Å²) in [7, 11) is 0. The van der Waals surface area contributed by atoms with Crippen molar-refractivity contribution in [1.29, 1.82) is 0 Å². The van der Waals surface area contributed by atoms with E-state index in [1.54, 1.807) is 20.8 Å². The van der Waals surface area contributed by atoms with Crippen LogP contribution in [0.3, 0.4) is 0 Å². The molecule has 1 saturated heterocycles. The topological polar surface area (TPSA) is 121 Å². The Morgan fingerprint density at radius 1 is 1.24 bits per heavy atom. The van der Waals surface area contributed by atoms with Crippen LogP contribution in [0.5, 0.6) is 0 Å². The highest BCUT2D eigenvalue weighted by Crippen LogP contribution is 2.40. The number of hydrogen-bond acceptors (Lipinski definition) is 6. The number of hydrogen-bond donors (Lipinski definition) is 3. The van der Waals surface area contributed by atoms with Crippen molar-refractivity contribution in [2.24, 2.45) is 0 Å². The summed E-state index contributed by atoms with van der Waals surface area (Å²) in [6.07, 6.45) is 2.05. The van der Waals surface area contributed by atoms with Crippen LogP contribution in [0.2, 0.25) is 0 Å². The van der Waals surface area contributed by atoms with Gasteiger partial charge in [0, 0.05) is 18.8 Å². The van der Waals surface area contributed by atoms with E-state index in [1.165, 1.54) is 9.47 Å². The average Bonchev–Trinajstić information content (AvgIpc) is 3.49. The molecule has 4 rings (SSSR count). The summed E-state index contributed by atoms with van der Waals surface area (Å²) in [5.41, 5.74) is -2.86. The number of nitrogens with zero attached hydrogens (tertiary/aromatic N) is 2. The number of ether oxygens (including phenoxy) is 1. The van der Waals surface area contributed by atoms with Gasteiger partial charge in [0.15, 0.2) is 5.82 Å². The summed E-state index contributed by atoms with van der Waals surface area (Å²) >= 11 is 0. The van der Waals surface area contributed by atoms with Gasteiger partial charge in [0.1, 0.15) is 22.7 Å². The van der Waals surface area contributed by atoms with Crippen molar-refractivity contribution in [3.05, 3.63) is 39.7 Å². The van der Waals surface area contributed by atoms with E-state index in [0.29, 0.717) is 19.3 Å². The Hall–Kier alpha value is -3.21. The molecule has 2 aromatic rings. The molecule has 1 saturated carbocycles. The zero-order chi connectivity index (χ0) is 24.9. The average molecular weight is 479 g/mol. The van der Waals surface area contributed by atoms with Crippen LogP contribution in [0.25, 0.3) is 10.9 Å². The molecule has 1 amide bonds. The van der Waals surface area contributed by atoms with E-state index in [-0.39, 0.29) is 23.5 Å². The van der Waals surface area contributed by atoms with Crippen molar-refractivity contribution in [1.82, 2.24) is 9.88 Å². The van der Waals surface area contributed by atoms with Gasteiger partial charge in [-0.1, -0.05) is 0 Å². The largest absolute Gasteiger partial charge is 0.477 e. The van der Waals surface area contributed by atoms with Gasteiger partial charge in [-0.2, -0.15) is 0 Å². The number of rotatable bonds is 5. The van der Waals surface area contributed by atoms with Gasteiger partial charge in [-0.3, -0.25) is 4.79 Å². The van der Waals surface area contributed by atoms with Gasteiger partial charge in [-0.25, -0.2) is 18.4 Å². The Morgan fingerprint density at radius 2 is 1.91 bits per heavy atom. The molecule has 1 aromatic carbocycles. The minimum atomic E-state index is -1.47. The minimum absolute atomic E-state index is 0.131. The molecule has 2 unspecified atom stereocenters. The smallest absolute Gasteiger partial charge is 0.407 e. The molecule has 0 radical (unpaired) electrons. The fourth-order valence-electron chi connectivity index (χ4n) is 4.47. The third kappa shape index (κ3) is 4.31. The van der Waals surface area contributed by atoms with E-state index in [4.69, 9.17) is 4.74 Å². The first-order valence-corrected chi connectivity index (χ1v) is 11.1. The third-order valence-electron chi connectivity index (χ3n) is 6.08. The third-order valence-corrected chi connectivity index (χ3v) is 6.08. The van der Waals surface area contributed by atoms with Gasteiger partial charge in [-0.05, 0) is 46.1 Å². The van der Waals surface area contributed by atoms with Crippen LogP contribution in [0, 0.1) is 11.6 Å². The Bertz CT molecular complexity index is 1220. The molecule has 0 bridgehead atoms. The number of pyridine rings is 1. The summed E-state index contributed by atoms with van der Waals surface area (Å²) in [6.45, 7) is 4.74. The number of carboxylic acids is 1. The number of anilines is 1. The van der Waals surface area contributed by atoms with Crippen LogP contribution in [0.15, 0.2) is 17.1 Å². The molecule has 2 atom stereocenters. The standard InChI is InChI=1S/C23H27F2N3O6/c1-23(2,3)34-22(33)26-15-6-7-27(16(15)10-29)19-14(24)8-12-18(17(19)25)28(11-4-5-11)9-13(20(12)30)21(31)32/h8-9,11,15-16,29H,4-7,10H2,1-3H3,(H,26,33)(H,31,32). The fraction of sp³-hybridized carbons (Fsp3) is 0.522. The predicted octanol–water partition coefficient (Wildman–Crippen LogP) is 2.78. The summed E-state index contributed by atoms with van der Waals surface area (Å²) in [4.78, 5) is 37.7. The first-order valence-electron chi connectivity index (χ1n) is 11.1. The molecule has 1 aromatic heterocycles. The van der Waals surface area contributed by atoms with E-state index in [2.05, 4.69) is 5.32 Å². The zero-order valence-electron chi connectivity index (χ0n) is 19.1. The Morgan fingerprint density at radius 3 is 2.47 bits per heavy atom. The highest BCUT2D eigenvalue weighted by atomic mass is 19.1. The number of aromatic nitrogens is 1. The minimum Gasteiger partial charge on any atom is -0.477 e. The van der Waals surface area contributed by atoms with Crippen molar-refractivity contribution in [3.63, 3.8) is 0 Å². The molecule has 3 N–H and O–H groups in total. The number of benzene rings is 1.